The summed E-state index contributed by atoms with van der Waals surface area (Å²) in [7, 11) is 4.09. The van der Waals surface area contributed by atoms with Crippen LogP contribution in [0.15, 0.2) is 29.2 Å². The average Bonchev–Trinajstić information content (AvgIpc) is 2.34. The predicted molar refractivity (Wildman–Crippen MR) is 78.4 cm³/mol. The third kappa shape index (κ3) is 4.70. The van der Waals surface area contributed by atoms with Gasteiger partial charge in [0.15, 0.2) is 0 Å². The summed E-state index contributed by atoms with van der Waals surface area (Å²) < 4.78 is 0. The lowest BCUT2D eigenvalue weighted by Gasteiger charge is -2.22. The highest BCUT2D eigenvalue weighted by atomic mass is 32.1. The minimum Gasteiger partial charge on any atom is -0.339 e. The lowest BCUT2D eigenvalue weighted by Crippen LogP contribution is -2.33. The summed E-state index contributed by atoms with van der Waals surface area (Å²) in [6.07, 6.45) is 0.997. The molecule has 0 N–H and O–H groups in total. The number of carbonyl (C=O) groups is 1. The molecule has 0 aliphatic rings. The Morgan fingerprint density at radius 2 is 1.78 bits per heavy atom. The Morgan fingerprint density at radius 1 is 1.17 bits per heavy atom. The van der Waals surface area contributed by atoms with Crippen LogP contribution in [0.4, 0.5) is 0 Å². The van der Waals surface area contributed by atoms with Crippen LogP contribution in [-0.2, 0) is 0 Å². The second-order valence-corrected chi connectivity index (χ2v) is 5.10. The molecule has 0 aliphatic carbocycles. The van der Waals surface area contributed by atoms with Crippen LogP contribution in [0, 0.1) is 0 Å². The van der Waals surface area contributed by atoms with Crippen molar-refractivity contribution in [1.29, 1.82) is 0 Å². The van der Waals surface area contributed by atoms with Crippen LogP contribution >= 0.6 is 12.6 Å². The first-order valence-electron chi connectivity index (χ1n) is 6.27. The SMILES string of the molecule is CCN(CCCN(C)C)C(=O)c1ccc(S)cc1. The van der Waals surface area contributed by atoms with Crippen molar-refractivity contribution in [3.8, 4) is 0 Å². The van der Waals surface area contributed by atoms with Gasteiger partial charge in [0.25, 0.3) is 5.91 Å². The number of hydrogen-bond donors (Lipinski definition) is 1. The molecule has 0 saturated carbocycles. The summed E-state index contributed by atoms with van der Waals surface area (Å²) in [5.41, 5.74) is 0.736. The smallest absolute Gasteiger partial charge is 0.253 e. The van der Waals surface area contributed by atoms with Crippen molar-refractivity contribution in [2.75, 3.05) is 33.7 Å². The molecule has 0 bridgehead atoms. The van der Waals surface area contributed by atoms with Gasteiger partial charge in [-0.1, -0.05) is 0 Å². The lowest BCUT2D eigenvalue weighted by atomic mass is 10.2. The molecule has 0 aliphatic heterocycles. The van der Waals surface area contributed by atoms with Gasteiger partial charge >= 0.3 is 0 Å². The second kappa shape index (κ2) is 7.44. The molecule has 0 fully saturated rings. The van der Waals surface area contributed by atoms with E-state index in [-0.39, 0.29) is 5.91 Å². The molecule has 0 atom stereocenters. The van der Waals surface area contributed by atoms with Gasteiger partial charge in [0.05, 0.1) is 0 Å². The van der Waals surface area contributed by atoms with Crippen LogP contribution < -0.4 is 0 Å². The number of thiol groups is 1. The molecule has 0 unspecified atom stereocenters. The molecule has 1 aromatic carbocycles. The third-order valence-corrected chi connectivity index (χ3v) is 3.11. The van der Waals surface area contributed by atoms with Crippen molar-refractivity contribution in [3.63, 3.8) is 0 Å². The zero-order chi connectivity index (χ0) is 13.5. The van der Waals surface area contributed by atoms with Gasteiger partial charge < -0.3 is 9.80 Å². The molecule has 0 spiro atoms. The molecule has 0 radical (unpaired) electrons. The van der Waals surface area contributed by atoms with Gasteiger partial charge in [0, 0.05) is 23.5 Å². The van der Waals surface area contributed by atoms with Gasteiger partial charge in [-0.2, -0.15) is 0 Å². The highest BCUT2D eigenvalue weighted by Crippen LogP contribution is 2.10. The number of benzene rings is 1. The van der Waals surface area contributed by atoms with E-state index in [1.807, 2.05) is 50.2 Å². The van der Waals surface area contributed by atoms with E-state index in [0.29, 0.717) is 0 Å². The van der Waals surface area contributed by atoms with Crippen LogP contribution in [0.1, 0.15) is 23.7 Å². The minimum absolute atomic E-state index is 0.101. The molecule has 3 nitrogen and oxygen atoms in total. The van der Waals surface area contributed by atoms with Crippen molar-refractivity contribution < 1.29 is 4.79 Å². The number of amides is 1. The van der Waals surface area contributed by atoms with Crippen molar-refractivity contribution in [2.24, 2.45) is 0 Å². The average molecular weight is 266 g/mol. The molecule has 1 aromatic rings. The lowest BCUT2D eigenvalue weighted by molar-refractivity contribution is 0.0759. The Hall–Kier alpha value is -1.00. The normalized spacial score (nSPS) is 10.7. The van der Waals surface area contributed by atoms with Crippen LogP contribution in [0.2, 0.25) is 0 Å². The van der Waals surface area contributed by atoms with Crippen molar-refractivity contribution >= 4 is 18.5 Å². The van der Waals surface area contributed by atoms with Crippen LogP contribution in [0.3, 0.4) is 0 Å². The van der Waals surface area contributed by atoms with E-state index >= 15 is 0 Å². The maximum atomic E-state index is 12.3. The van der Waals surface area contributed by atoms with E-state index in [0.717, 1.165) is 36.5 Å². The van der Waals surface area contributed by atoms with Gasteiger partial charge in [-0.05, 0) is 58.3 Å². The zero-order valence-corrected chi connectivity index (χ0v) is 12.3. The summed E-state index contributed by atoms with van der Waals surface area (Å²) in [5.74, 6) is 0.101. The van der Waals surface area contributed by atoms with E-state index in [9.17, 15) is 4.79 Å². The van der Waals surface area contributed by atoms with E-state index in [1.165, 1.54) is 0 Å². The molecule has 4 heteroatoms. The zero-order valence-electron chi connectivity index (χ0n) is 11.4. The van der Waals surface area contributed by atoms with Crippen LogP contribution in [0.25, 0.3) is 0 Å². The molecule has 18 heavy (non-hydrogen) atoms. The fraction of sp³-hybridized carbons (Fsp3) is 0.500. The quantitative estimate of drug-likeness (QED) is 0.799. The van der Waals surface area contributed by atoms with Gasteiger partial charge in [-0.25, -0.2) is 0 Å². The molecular formula is C14H22N2OS. The first-order chi connectivity index (χ1) is 8.54. The minimum atomic E-state index is 0.101. The number of carbonyl (C=O) groups excluding carboxylic acids is 1. The van der Waals surface area contributed by atoms with Gasteiger partial charge in [0.2, 0.25) is 0 Å². The standard InChI is InChI=1S/C14H22N2OS/c1-4-16(11-5-10-15(2)3)14(17)12-6-8-13(18)9-7-12/h6-9,18H,4-5,10-11H2,1-3H3. The molecule has 100 valence electrons. The first-order valence-corrected chi connectivity index (χ1v) is 6.72. The number of rotatable bonds is 6. The molecule has 1 rings (SSSR count). The van der Waals surface area contributed by atoms with E-state index in [4.69, 9.17) is 0 Å². The Balaban J connectivity index is 2.59. The van der Waals surface area contributed by atoms with Crippen molar-refractivity contribution in [1.82, 2.24) is 9.80 Å². The van der Waals surface area contributed by atoms with E-state index < -0.39 is 0 Å². The fourth-order valence-electron chi connectivity index (χ4n) is 1.77. The van der Waals surface area contributed by atoms with Gasteiger partial charge in [-0.3, -0.25) is 4.79 Å². The maximum Gasteiger partial charge on any atom is 0.253 e. The second-order valence-electron chi connectivity index (χ2n) is 4.59. The van der Waals surface area contributed by atoms with Crippen molar-refractivity contribution in [2.45, 2.75) is 18.2 Å². The molecule has 0 saturated heterocycles. The fourth-order valence-corrected chi connectivity index (χ4v) is 1.92. The third-order valence-electron chi connectivity index (χ3n) is 2.82. The molecule has 1 amide bonds. The Kier molecular flexibility index (Phi) is 6.22. The summed E-state index contributed by atoms with van der Waals surface area (Å²) in [5, 5.41) is 0. The topological polar surface area (TPSA) is 23.6 Å². The Morgan fingerprint density at radius 3 is 2.28 bits per heavy atom. The predicted octanol–water partition coefficient (Wildman–Crippen LogP) is 2.39. The highest BCUT2D eigenvalue weighted by Gasteiger charge is 2.13. The number of hydrogen-bond acceptors (Lipinski definition) is 3. The van der Waals surface area contributed by atoms with Gasteiger partial charge in [0.1, 0.15) is 0 Å². The number of nitrogens with zero attached hydrogens (tertiary/aromatic N) is 2. The Labute approximate surface area is 115 Å². The molecule has 0 aromatic heterocycles. The maximum absolute atomic E-state index is 12.3. The first kappa shape index (κ1) is 15.1. The largest absolute Gasteiger partial charge is 0.339 e. The van der Waals surface area contributed by atoms with Crippen molar-refractivity contribution in [3.05, 3.63) is 29.8 Å². The monoisotopic (exact) mass is 266 g/mol. The molecular weight excluding hydrogens is 244 g/mol. The summed E-state index contributed by atoms with van der Waals surface area (Å²) in [6, 6.07) is 7.37. The summed E-state index contributed by atoms with van der Waals surface area (Å²) in [6.45, 7) is 4.56. The summed E-state index contributed by atoms with van der Waals surface area (Å²) >= 11 is 4.22. The van der Waals surface area contributed by atoms with E-state index in [2.05, 4.69) is 17.5 Å². The summed E-state index contributed by atoms with van der Waals surface area (Å²) in [4.78, 5) is 17.1. The van der Waals surface area contributed by atoms with Crippen LogP contribution in [-0.4, -0.2) is 49.4 Å². The molecule has 0 heterocycles. The van der Waals surface area contributed by atoms with Crippen LogP contribution in [0.5, 0.6) is 0 Å². The van der Waals surface area contributed by atoms with E-state index in [1.54, 1.807) is 0 Å². The van der Waals surface area contributed by atoms with Gasteiger partial charge in [-0.15, -0.1) is 12.6 Å². The Bertz CT molecular complexity index is 376. The highest BCUT2D eigenvalue weighted by molar-refractivity contribution is 7.80.